The van der Waals surface area contributed by atoms with E-state index >= 15 is 0 Å². The van der Waals surface area contributed by atoms with Crippen molar-refractivity contribution in [2.45, 2.75) is 24.8 Å². The van der Waals surface area contributed by atoms with E-state index in [1.807, 2.05) is 13.8 Å². The molecule has 0 spiro atoms. The molecule has 0 fully saturated rings. The minimum atomic E-state index is -5.03. The second kappa shape index (κ2) is 9.28. The number of carbonyl (C=O) groups is 2. The van der Waals surface area contributed by atoms with Crippen molar-refractivity contribution in [3.63, 3.8) is 0 Å². The number of benzene rings is 3. The first-order valence-electron chi connectivity index (χ1n) is 9.72. The first-order valence-corrected chi connectivity index (χ1v) is 11.1. The maximum absolute atomic E-state index is 13.3. The van der Waals surface area contributed by atoms with Crippen LogP contribution in [0, 0.1) is 0 Å². The van der Waals surface area contributed by atoms with Gasteiger partial charge < -0.3 is 20.3 Å². The van der Waals surface area contributed by atoms with Crippen LogP contribution in [-0.4, -0.2) is 30.6 Å². The second-order valence-electron chi connectivity index (χ2n) is 7.56. The zero-order chi connectivity index (χ0) is 23.2. The molecule has 3 aromatic carbocycles. The number of ether oxygens (including phenoxy) is 1. The van der Waals surface area contributed by atoms with E-state index in [0.29, 0.717) is 11.4 Å². The Kier molecular flexibility index (Phi) is 7.01. The molecule has 3 aromatic rings. The van der Waals surface area contributed by atoms with E-state index in [0.717, 1.165) is 6.07 Å². The average Bonchev–Trinajstić information content (AvgIpc) is 2.72. The fourth-order valence-electron chi connectivity index (χ4n) is 3.67. The van der Waals surface area contributed by atoms with Gasteiger partial charge >= 0.3 is 29.6 Å². The molecule has 0 aromatic heterocycles. The van der Waals surface area contributed by atoms with Gasteiger partial charge in [0.2, 0.25) is 0 Å². The van der Waals surface area contributed by atoms with E-state index in [1.165, 1.54) is 12.1 Å². The summed E-state index contributed by atoms with van der Waals surface area (Å²) in [5.41, 5.74) is 5.72. The van der Waals surface area contributed by atoms with Crippen molar-refractivity contribution in [1.82, 2.24) is 0 Å². The molecule has 0 bridgehead atoms. The normalized spacial score (nSPS) is 12.6. The number of carbonyl (C=O) groups excluding carboxylic acids is 2. The first kappa shape index (κ1) is 24.9. The quantitative estimate of drug-likeness (QED) is 0.242. The van der Waals surface area contributed by atoms with E-state index in [9.17, 15) is 22.6 Å². The molecular weight excluding hydrogens is 455 g/mol. The smallest absolute Gasteiger partial charge is 0.744 e. The Bertz CT molecular complexity index is 1390. The fraction of sp³-hybridized carbons (Fsp3) is 0.130. The predicted octanol–water partition coefficient (Wildman–Crippen LogP) is 0.483. The number of nitrogen functional groups attached to an aromatic ring is 1. The first-order chi connectivity index (χ1) is 15.1. The maximum atomic E-state index is 13.3. The van der Waals surface area contributed by atoms with Crippen LogP contribution in [0.15, 0.2) is 59.5 Å². The van der Waals surface area contributed by atoms with Gasteiger partial charge in [0, 0.05) is 22.9 Å². The topological polar surface area (TPSA) is 139 Å². The van der Waals surface area contributed by atoms with Gasteiger partial charge in [0.05, 0.1) is 33.5 Å². The molecule has 1 aliphatic rings. The summed E-state index contributed by atoms with van der Waals surface area (Å²) in [6.07, 6.45) is -0.0811. The van der Waals surface area contributed by atoms with Gasteiger partial charge in [-0.2, -0.15) is 0 Å². The Labute approximate surface area is 213 Å². The SMILES string of the molecule is CC(C)Oc1cccc(Nc2cc(S(=O)(=O)[O-])c(N)c3c2C(=O)c2ccccc2C3=O)c1.[Na+]. The van der Waals surface area contributed by atoms with Crippen molar-refractivity contribution in [3.05, 3.63) is 76.9 Å². The zero-order valence-corrected chi connectivity index (χ0v) is 21.0. The number of nitrogens with two attached hydrogens (primary N) is 1. The molecule has 3 N–H and O–H groups in total. The molecule has 8 nitrogen and oxygen atoms in total. The summed E-state index contributed by atoms with van der Waals surface area (Å²) >= 11 is 0. The van der Waals surface area contributed by atoms with Crippen LogP contribution in [0.3, 0.4) is 0 Å². The molecule has 10 heteroatoms. The summed E-state index contributed by atoms with van der Waals surface area (Å²) in [6, 6.07) is 13.9. The summed E-state index contributed by atoms with van der Waals surface area (Å²) in [5, 5.41) is 2.96. The number of nitrogens with one attached hydrogen (secondary N) is 1. The molecular formula is C23H19N2NaO6S. The summed E-state index contributed by atoms with van der Waals surface area (Å²) in [6.45, 7) is 3.73. The molecule has 0 unspecified atom stereocenters. The number of fused-ring (bicyclic) bond motifs is 2. The number of anilines is 3. The molecule has 0 saturated carbocycles. The van der Waals surface area contributed by atoms with Crippen molar-refractivity contribution in [2.24, 2.45) is 0 Å². The van der Waals surface area contributed by atoms with E-state index < -0.39 is 32.3 Å². The molecule has 0 radical (unpaired) electrons. The van der Waals surface area contributed by atoms with Gasteiger partial charge in [-0.3, -0.25) is 9.59 Å². The second-order valence-corrected chi connectivity index (χ2v) is 8.91. The molecule has 164 valence electrons. The third-order valence-corrected chi connectivity index (χ3v) is 5.83. The predicted molar refractivity (Wildman–Crippen MR) is 118 cm³/mol. The number of ketones is 2. The minimum Gasteiger partial charge on any atom is -0.744 e. The number of rotatable bonds is 5. The Balaban J connectivity index is 0.00000306. The van der Waals surface area contributed by atoms with Gasteiger partial charge in [-0.05, 0) is 32.0 Å². The van der Waals surface area contributed by atoms with E-state index in [4.69, 9.17) is 10.5 Å². The largest absolute Gasteiger partial charge is 1.00 e. The van der Waals surface area contributed by atoms with Crippen molar-refractivity contribution < 1.29 is 56.9 Å². The van der Waals surface area contributed by atoms with Crippen LogP contribution in [0.5, 0.6) is 5.75 Å². The van der Waals surface area contributed by atoms with Crippen LogP contribution in [-0.2, 0) is 10.1 Å². The maximum Gasteiger partial charge on any atom is 1.00 e. The summed E-state index contributed by atoms with van der Waals surface area (Å²) in [7, 11) is -5.03. The Morgan fingerprint density at radius 1 is 0.939 bits per heavy atom. The van der Waals surface area contributed by atoms with Gasteiger partial charge in [-0.15, -0.1) is 0 Å². The molecule has 4 rings (SSSR count). The number of hydrogen-bond acceptors (Lipinski definition) is 8. The van der Waals surface area contributed by atoms with Crippen LogP contribution in [0.4, 0.5) is 17.1 Å². The van der Waals surface area contributed by atoms with Crippen LogP contribution >= 0.6 is 0 Å². The van der Waals surface area contributed by atoms with Gasteiger partial charge in [0.1, 0.15) is 15.9 Å². The molecule has 0 atom stereocenters. The third-order valence-electron chi connectivity index (χ3n) is 4.95. The van der Waals surface area contributed by atoms with Crippen molar-refractivity contribution >= 4 is 38.7 Å². The Morgan fingerprint density at radius 2 is 1.55 bits per heavy atom. The molecule has 1 aliphatic carbocycles. The molecule has 0 amide bonds. The molecule has 0 aliphatic heterocycles. The van der Waals surface area contributed by atoms with E-state index in [2.05, 4.69) is 5.32 Å². The molecule has 0 saturated heterocycles. The van der Waals surface area contributed by atoms with Crippen molar-refractivity contribution in [3.8, 4) is 5.75 Å². The van der Waals surface area contributed by atoms with Gasteiger partial charge in [0.25, 0.3) is 0 Å². The van der Waals surface area contributed by atoms with Gasteiger partial charge in [-0.1, -0.05) is 30.3 Å². The van der Waals surface area contributed by atoms with Crippen LogP contribution < -0.4 is 45.3 Å². The monoisotopic (exact) mass is 474 g/mol. The van der Waals surface area contributed by atoms with Gasteiger partial charge in [-0.25, -0.2) is 8.42 Å². The van der Waals surface area contributed by atoms with Crippen molar-refractivity contribution in [2.75, 3.05) is 11.1 Å². The van der Waals surface area contributed by atoms with Crippen molar-refractivity contribution in [1.29, 1.82) is 0 Å². The number of hydrogen-bond donors (Lipinski definition) is 2. The average molecular weight is 474 g/mol. The zero-order valence-electron chi connectivity index (χ0n) is 18.2. The fourth-order valence-corrected chi connectivity index (χ4v) is 4.31. The Morgan fingerprint density at radius 3 is 2.12 bits per heavy atom. The third kappa shape index (κ3) is 4.68. The molecule has 33 heavy (non-hydrogen) atoms. The standard InChI is InChI=1S/C23H20N2O6S.Na/c1-12(2)31-14-7-5-6-13(10-14)25-17-11-18(32(28,29)30)21(24)20-19(17)22(26)15-8-3-4-9-16(15)23(20)27;/h3-12,25H,24H2,1-2H3,(H,28,29,30);/q;+1/p-1. The van der Waals surface area contributed by atoms with Gasteiger partial charge in [0.15, 0.2) is 11.6 Å². The van der Waals surface area contributed by atoms with Crippen LogP contribution in [0.2, 0.25) is 0 Å². The van der Waals surface area contributed by atoms with Crippen LogP contribution in [0.25, 0.3) is 0 Å². The minimum absolute atomic E-state index is 0. The summed E-state index contributed by atoms with van der Waals surface area (Å²) < 4.78 is 41.3. The van der Waals surface area contributed by atoms with E-state index in [1.54, 1.807) is 36.4 Å². The Hall–Kier alpha value is -2.69. The van der Waals surface area contributed by atoms with Crippen LogP contribution in [0.1, 0.15) is 45.7 Å². The summed E-state index contributed by atoms with van der Waals surface area (Å²) in [5.74, 6) is -0.592. The summed E-state index contributed by atoms with van der Waals surface area (Å²) in [4.78, 5) is 25.7. The van der Waals surface area contributed by atoms with E-state index in [-0.39, 0.29) is 63.6 Å². The molecule has 0 heterocycles.